The molecular weight excluding hydrogens is 429 g/mol. The van der Waals surface area contributed by atoms with Crippen molar-refractivity contribution in [2.45, 2.75) is 19.4 Å². The molecule has 3 heterocycles. The minimum Gasteiger partial charge on any atom is -0.354 e. The van der Waals surface area contributed by atoms with Crippen LogP contribution in [0, 0.1) is 11.7 Å². The summed E-state index contributed by atoms with van der Waals surface area (Å²) < 4.78 is 13.2. The number of piperazine rings is 1. The van der Waals surface area contributed by atoms with Crippen LogP contribution in [0.5, 0.6) is 0 Å². The first-order chi connectivity index (χ1) is 16.7. The minimum absolute atomic E-state index is 0.00648. The van der Waals surface area contributed by atoms with E-state index in [1.807, 2.05) is 23.1 Å². The van der Waals surface area contributed by atoms with E-state index in [0.29, 0.717) is 12.2 Å². The van der Waals surface area contributed by atoms with Crippen LogP contribution in [-0.4, -0.2) is 65.2 Å². The van der Waals surface area contributed by atoms with Gasteiger partial charge in [-0.2, -0.15) is 0 Å². The van der Waals surface area contributed by atoms with Crippen LogP contribution in [-0.2, 0) is 11.3 Å². The van der Waals surface area contributed by atoms with E-state index in [4.69, 9.17) is 0 Å². The fourth-order valence-electron chi connectivity index (χ4n) is 4.88. The molecule has 0 N–H and O–H groups in total. The summed E-state index contributed by atoms with van der Waals surface area (Å²) in [4.78, 5) is 19.9. The third kappa shape index (κ3) is 5.25. The number of rotatable bonds is 5. The molecule has 0 spiro atoms. The number of carbonyl (C=O) groups excluding carboxylic acids is 1. The number of hydrogen-bond acceptors (Lipinski definition) is 5. The smallest absolute Gasteiger partial charge is 0.227 e. The van der Waals surface area contributed by atoms with Gasteiger partial charge in [-0.15, -0.1) is 10.2 Å². The molecule has 2 aliphatic rings. The molecule has 1 atom stereocenters. The van der Waals surface area contributed by atoms with E-state index < -0.39 is 0 Å². The summed E-state index contributed by atoms with van der Waals surface area (Å²) in [5.41, 5.74) is 2.86. The fraction of sp³-hybridized carbons (Fsp3) is 0.370. The van der Waals surface area contributed by atoms with Gasteiger partial charge >= 0.3 is 0 Å². The lowest BCUT2D eigenvalue weighted by atomic mass is 9.96. The second-order valence-corrected chi connectivity index (χ2v) is 9.16. The molecule has 2 fully saturated rings. The molecule has 0 radical (unpaired) electrons. The molecule has 2 aromatic carbocycles. The minimum atomic E-state index is -0.269. The first kappa shape index (κ1) is 22.5. The molecule has 2 saturated heterocycles. The first-order valence-corrected chi connectivity index (χ1v) is 12.1. The Balaban J connectivity index is 1.16. The van der Waals surface area contributed by atoms with E-state index in [9.17, 15) is 9.18 Å². The zero-order valence-electron chi connectivity index (χ0n) is 19.3. The predicted molar refractivity (Wildman–Crippen MR) is 131 cm³/mol. The third-order valence-corrected chi connectivity index (χ3v) is 6.82. The van der Waals surface area contributed by atoms with Crippen molar-refractivity contribution in [1.82, 2.24) is 20.0 Å². The molecule has 5 rings (SSSR count). The number of aromatic nitrogens is 2. The lowest BCUT2D eigenvalue weighted by molar-refractivity contribution is -0.137. The number of anilines is 1. The highest BCUT2D eigenvalue weighted by atomic mass is 19.1. The Hall–Kier alpha value is -3.32. The van der Waals surface area contributed by atoms with Gasteiger partial charge < -0.3 is 9.80 Å². The number of carbonyl (C=O) groups is 1. The van der Waals surface area contributed by atoms with Crippen molar-refractivity contribution in [2.24, 2.45) is 5.92 Å². The fourth-order valence-corrected chi connectivity index (χ4v) is 4.88. The van der Waals surface area contributed by atoms with Gasteiger partial charge in [0.05, 0.1) is 11.6 Å². The number of hydrogen-bond donors (Lipinski definition) is 0. The second kappa shape index (κ2) is 10.3. The van der Waals surface area contributed by atoms with Crippen LogP contribution < -0.4 is 4.90 Å². The zero-order valence-corrected chi connectivity index (χ0v) is 19.3. The Morgan fingerprint density at radius 1 is 0.882 bits per heavy atom. The molecule has 3 aromatic rings. The molecular formula is C27H30FN5O. The number of nitrogens with zero attached hydrogens (tertiary/aromatic N) is 5. The lowest BCUT2D eigenvalue weighted by Crippen LogP contribution is -2.52. The van der Waals surface area contributed by atoms with Gasteiger partial charge in [0.15, 0.2) is 5.82 Å². The van der Waals surface area contributed by atoms with Crippen LogP contribution in [0.2, 0.25) is 0 Å². The van der Waals surface area contributed by atoms with E-state index in [-0.39, 0.29) is 17.6 Å². The van der Waals surface area contributed by atoms with Crippen LogP contribution in [0.15, 0.2) is 66.7 Å². The van der Waals surface area contributed by atoms with Gasteiger partial charge in [0.2, 0.25) is 5.91 Å². The Bertz CT molecular complexity index is 1080. The Morgan fingerprint density at radius 3 is 2.35 bits per heavy atom. The molecule has 1 amide bonds. The number of halogens is 1. The van der Waals surface area contributed by atoms with Crippen molar-refractivity contribution in [1.29, 1.82) is 0 Å². The number of piperidine rings is 1. The van der Waals surface area contributed by atoms with Crippen LogP contribution >= 0.6 is 0 Å². The summed E-state index contributed by atoms with van der Waals surface area (Å²) in [7, 11) is 0. The summed E-state index contributed by atoms with van der Waals surface area (Å²) in [6.07, 6.45) is 1.88. The molecule has 0 saturated carbocycles. The summed E-state index contributed by atoms with van der Waals surface area (Å²) in [6.45, 7) is 5.88. The Kier molecular flexibility index (Phi) is 6.81. The highest BCUT2D eigenvalue weighted by Crippen LogP contribution is 2.25. The maximum atomic E-state index is 13.3. The SMILES string of the molecule is O=C(C1CCCN(c2ccc(-c3ccc(F)cc3)nn2)C1)N1CCN(Cc2ccccc2)CC1. The Labute approximate surface area is 200 Å². The second-order valence-electron chi connectivity index (χ2n) is 9.16. The molecule has 0 bridgehead atoms. The van der Waals surface area contributed by atoms with Gasteiger partial charge in [0, 0.05) is 51.4 Å². The molecule has 2 aliphatic heterocycles. The van der Waals surface area contributed by atoms with Crippen molar-refractivity contribution >= 4 is 11.7 Å². The van der Waals surface area contributed by atoms with E-state index in [1.165, 1.54) is 17.7 Å². The molecule has 1 aromatic heterocycles. The van der Waals surface area contributed by atoms with Crippen LogP contribution in [0.3, 0.4) is 0 Å². The lowest BCUT2D eigenvalue weighted by Gasteiger charge is -2.39. The van der Waals surface area contributed by atoms with E-state index in [2.05, 4.69) is 44.3 Å². The summed E-state index contributed by atoms with van der Waals surface area (Å²) in [6, 6.07) is 20.6. The van der Waals surface area contributed by atoms with Crippen LogP contribution in [0.4, 0.5) is 10.2 Å². The maximum absolute atomic E-state index is 13.3. The van der Waals surface area contributed by atoms with Crippen molar-refractivity contribution in [3.05, 3.63) is 78.1 Å². The quantitative estimate of drug-likeness (QED) is 0.580. The Morgan fingerprint density at radius 2 is 1.65 bits per heavy atom. The maximum Gasteiger partial charge on any atom is 0.227 e. The molecule has 176 valence electrons. The van der Waals surface area contributed by atoms with E-state index in [1.54, 1.807) is 12.1 Å². The van der Waals surface area contributed by atoms with Gasteiger partial charge in [0.25, 0.3) is 0 Å². The van der Waals surface area contributed by atoms with E-state index >= 15 is 0 Å². The first-order valence-electron chi connectivity index (χ1n) is 12.1. The largest absolute Gasteiger partial charge is 0.354 e. The highest BCUT2D eigenvalue weighted by Gasteiger charge is 2.31. The van der Waals surface area contributed by atoms with Gasteiger partial charge in [-0.3, -0.25) is 9.69 Å². The molecule has 34 heavy (non-hydrogen) atoms. The van der Waals surface area contributed by atoms with Crippen molar-refractivity contribution in [2.75, 3.05) is 44.2 Å². The summed E-state index contributed by atoms with van der Waals surface area (Å²) >= 11 is 0. The average molecular weight is 460 g/mol. The van der Waals surface area contributed by atoms with Gasteiger partial charge in [0.1, 0.15) is 5.82 Å². The predicted octanol–water partition coefficient (Wildman–Crippen LogP) is 3.84. The molecule has 7 heteroatoms. The van der Waals surface area contributed by atoms with Crippen molar-refractivity contribution in [3.8, 4) is 11.3 Å². The van der Waals surface area contributed by atoms with Crippen molar-refractivity contribution in [3.63, 3.8) is 0 Å². The van der Waals surface area contributed by atoms with Crippen LogP contribution in [0.1, 0.15) is 18.4 Å². The van der Waals surface area contributed by atoms with Gasteiger partial charge in [-0.05, 0) is 54.8 Å². The highest BCUT2D eigenvalue weighted by molar-refractivity contribution is 5.80. The van der Waals surface area contributed by atoms with E-state index in [0.717, 1.165) is 63.5 Å². The molecule has 0 aliphatic carbocycles. The zero-order chi connectivity index (χ0) is 23.3. The molecule has 6 nitrogen and oxygen atoms in total. The monoisotopic (exact) mass is 459 g/mol. The summed E-state index contributed by atoms with van der Waals surface area (Å²) in [5, 5.41) is 8.75. The van der Waals surface area contributed by atoms with Crippen molar-refractivity contribution < 1.29 is 9.18 Å². The topological polar surface area (TPSA) is 52.6 Å². The average Bonchev–Trinajstić information content (AvgIpc) is 2.90. The van der Waals surface area contributed by atoms with Crippen LogP contribution in [0.25, 0.3) is 11.3 Å². The van der Waals surface area contributed by atoms with Gasteiger partial charge in [-0.25, -0.2) is 4.39 Å². The number of amides is 1. The molecule has 1 unspecified atom stereocenters. The third-order valence-electron chi connectivity index (χ3n) is 6.82. The summed E-state index contributed by atoms with van der Waals surface area (Å²) in [5.74, 6) is 0.777. The standard InChI is InChI=1S/C27H30FN5O/c28-24-10-8-22(9-11-24)25-12-13-26(30-29-25)33-14-4-7-23(20-33)27(34)32-17-15-31(16-18-32)19-21-5-2-1-3-6-21/h1-3,5-6,8-13,23H,4,7,14-20H2. The normalized spacial score (nSPS) is 19.3. The van der Waals surface area contributed by atoms with Gasteiger partial charge in [-0.1, -0.05) is 30.3 Å². The number of benzene rings is 2.